The molecule has 2 N–H and O–H groups in total. The minimum absolute atomic E-state index is 0.0803. The van der Waals surface area contributed by atoms with E-state index in [1.54, 1.807) is 6.92 Å². The maximum Gasteiger partial charge on any atom is 0.269 e. The highest BCUT2D eigenvalue weighted by Gasteiger charge is 2.04. The highest BCUT2D eigenvalue weighted by Crippen LogP contribution is 2.17. The fourth-order valence-electron chi connectivity index (χ4n) is 0.773. The van der Waals surface area contributed by atoms with Crippen LogP contribution in [0.1, 0.15) is 5.56 Å². The third kappa shape index (κ3) is 2.75. The number of nitrogen functional groups attached to an aromatic ring is 1. The molecular weight excluding hydrogens is 172 g/mol. The molecule has 0 saturated carbocycles. The smallest absolute Gasteiger partial charge is 0.269 e. The van der Waals surface area contributed by atoms with Gasteiger partial charge in [0.15, 0.2) is 0 Å². The van der Waals surface area contributed by atoms with Crippen LogP contribution in [0.15, 0.2) is 18.2 Å². The Bertz CT molecular complexity index is 335. The summed E-state index contributed by atoms with van der Waals surface area (Å²) in [5.41, 5.74) is 6.86. The van der Waals surface area contributed by atoms with Crippen LogP contribution in [0.25, 0.3) is 0 Å². The molecular formula is C7H8N4O2. The van der Waals surface area contributed by atoms with Gasteiger partial charge in [0.25, 0.3) is 5.69 Å². The van der Waals surface area contributed by atoms with Crippen molar-refractivity contribution in [3.63, 3.8) is 0 Å². The summed E-state index contributed by atoms with van der Waals surface area (Å²) in [7, 11) is 0. The van der Waals surface area contributed by atoms with Crippen molar-refractivity contribution in [3.05, 3.63) is 33.9 Å². The molecule has 0 radical (unpaired) electrons. The van der Waals surface area contributed by atoms with Gasteiger partial charge < -0.3 is 5.73 Å². The lowest BCUT2D eigenvalue weighted by Gasteiger charge is -1.97. The average Bonchev–Trinajstić information content (AvgIpc) is 2.13. The van der Waals surface area contributed by atoms with Gasteiger partial charge in [0.2, 0.25) is 0 Å². The van der Waals surface area contributed by atoms with Gasteiger partial charge in [0.05, 0.1) is 4.92 Å². The first-order chi connectivity index (χ1) is 6.11. The van der Waals surface area contributed by atoms with E-state index < -0.39 is 4.92 Å². The summed E-state index contributed by atoms with van der Waals surface area (Å²) in [5.74, 6) is 0. The molecule has 0 heterocycles. The largest absolute Gasteiger partial charge is 0.399 e. The molecule has 0 atom stereocenters. The lowest BCUT2D eigenvalue weighted by atomic mass is 10.2. The van der Waals surface area contributed by atoms with Crippen LogP contribution in [0.5, 0.6) is 0 Å². The predicted octanol–water partition coefficient (Wildman–Crippen LogP) is 1.52. The van der Waals surface area contributed by atoms with E-state index in [1.165, 1.54) is 18.2 Å². The molecule has 0 aliphatic heterocycles. The van der Waals surface area contributed by atoms with Crippen molar-refractivity contribution in [3.8, 4) is 0 Å². The van der Waals surface area contributed by atoms with Crippen molar-refractivity contribution in [2.24, 2.45) is 0 Å². The fourth-order valence-corrected chi connectivity index (χ4v) is 0.773. The Morgan fingerprint density at radius 3 is 2.38 bits per heavy atom. The number of nitrogens with two attached hydrogens (primary N) is 1. The van der Waals surface area contributed by atoms with Crippen LogP contribution < -0.4 is 5.73 Å². The van der Waals surface area contributed by atoms with Crippen molar-refractivity contribution in [1.82, 2.24) is 0 Å². The number of rotatable bonds is 1. The van der Waals surface area contributed by atoms with Crippen LogP contribution in [0, 0.1) is 27.8 Å². The molecule has 0 amide bonds. The summed E-state index contributed by atoms with van der Waals surface area (Å²) < 4.78 is 0. The van der Waals surface area contributed by atoms with Crippen LogP contribution >= 0.6 is 0 Å². The van der Waals surface area contributed by atoms with E-state index in [2.05, 4.69) is 0 Å². The van der Waals surface area contributed by atoms with Crippen molar-refractivity contribution >= 4 is 11.4 Å². The molecule has 6 nitrogen and oxygen atoms in total. The number of anilines is 1. The van der Waals surface area contributed by atoms with Crippen LogP contribution in [0.2, 0.25) is 0 Å². The SMILES string of the molecule is Cc1cc([N+](=O)[O-])ccc1N.N#N. The number of hydrogen-bond donors (Lipinski definition) is 1. The zero-order valence-electron chi connectivity index (χ0n) is 6.97. The van der Waals surface area contributed by atoms with Gasteiger partial charge >= 0.3 is 0 Å². The number of hydrogen-bond acceptors (Lipinski definition) is 5. The summed E-state index contributed by atoms with van der Waals surface area (Å²) in [6.45, 7) is 1.74. The van der Waals surface area contributed by atoms with Crippen molar-refractivity contribution in [2.45, 2.75) is 6.92 Å². The molecule has 0 fully saturated rings. The summed E-state index contributed by atoms with van der Waals surface area (Å²) in [4.78, 5) is 9.79. The lowest BCUT2D eigenvalue weighted by molar-refractivity contribution is -0.384. The van der Waals surface area contributed by atoms with Gasteiger partial charge in [-0.05, 0) is 18.6 Å². The molecule has 0 saturated heterocycles. The molecule has 1 rings (SSSR count). The van der Waals surface area contributed by atoms with Gasteiger partial charge in [-0.1, -0.05) is 0 Å². The summed E-state index contributed by atoms with van der Waals surface area (Å²) >= 11 is 0. The van der Waals surface area contributed by atoms with Crippen LogP contribution in [0.3, 0.4) is 0 Å². The molecule has 0 bridgehead atoms. The fraction of sp³-hybridized carbons (Fsp3) is 0.143. The van der Waals surface area contributed by atoms with Gasteiger partial charge in [-0.25, -0.2) is 0 Å². The standard InChI is InChI=1S/C7H8N2O2.N2/c1-5-4-6(9(10)11)2-3-7(5)8;1-2/h2-4H,8H2,1H3;. The first-order valence-corrected chi connectivity index (χ1v) is 3.32. The second-order valence-corrected chi connectivity index (χ2v) is 2.30. The van der Waals surface area contributed by atoms with Gasteiger partial charge in [-0.2, -0.15) is 0 Å². The average molecular weight is 180 g/mol. The highest BCUT2D eigenvalue weighted by molar-refractivity contribution is 5.51. The highest BCUT2D eigenvalue weighted by atomic mass is 16.6. The van der Waals surface area contributed by atoms with Crippen LogP contribution in [-0.4, -0.2) is 4.92 Å². The molecule has 1 aromatic rings. The van der Waals surface area contributed by atoms with Gasteiger partial charge in [0.1, 0.15) is 0 Å². The minimum Gasteiger partial charge on any atom is -0.399 e. The lowest BCUT2D eigenvalue weighted by Crippen LogP contribution is -1.92. The third-order valence-electron chi connectivity index (χ3n) is 1.46. The van der Waals surface area contributed by atoms with Crippen LogP contribution in [-0.2, 0) is 0 Å². The first-order valence-electron chi connectivity index (χ1n) is 3.32. The molecule has 68 valence electrons. The van der Waals surface area contributed by atoms with Crippen molar-refractivity contribution < 1.29 is 4.92 Å². The van der Waals surface area contributed by atoms with Gasteiger partial charge in [-0.3, -0.25) is 10.1 Å². The molecule has 1 aromatic carbocycles. The summed E-state index contributed by atoms with van der Waals surface area (Å²) in [6.07, 6.45) is 0. The Morgan fingerprint density at radius 2 is 2.00 bits per heavy atom. The van der Waals surface area contributed by atoms with E-state index in [1.807, 2.05) is 0 Å². The molecule has 13 heavy (non-hydrogen) atoms. The normalized spacial score (nSPS) is 8.23. The Kier molecular flexibility index (Phi) is 3.89. The van der Waals surface area contributed by atoms with E-state index in [-0.39, 0.29) is 5.69 Å². The Morgan fingerprint density at radius 1 is 1.46 bits per heavy atom. The zero-order valence-corrected chi connectivity index (χ0v) is 6.97. The molecule has 0 unspecified atom stereocenters. The molecule has 0 aromatic heterocycles. The van der Waals surface area contributed by atoms with Crippen molar-refractivity contribution in [2.75, 3.05) is 5.73 Å². The molecule has 0 aliphatic rings. The first kappa shape index (κ1) is 10.8. The van der Waals surface area contributed by atoms with E-state index in [0.29, 0.717) is 5.69 Å². The van der Waals surface area contributed by atoms with E-state index in [9.17, 15) is 10.1 Å². The number of nitro groups is 1. The second-order valence-electron chi connectivity index (χ2n) is 2.30. The Balaban J connectivity index is 0.000000671. The number of benzene rings is 1. The van der Waals surface area contributed by atoms with Gasteiger partial charge in [0, 0.05) is 28.6 Å². The molecule has 6 heteroatoms. The number of non-ortho nitro benzene ring substituents is 1. The van der Waals surface area contributed by atoms with Crippen LogP contribution in [0.4, 0.5) is 11.4 Å². The third-order valence-corrected chi connectivity index (χ3v) is 1.46. The topological polar surface area (TPSA) is 117 Å². The second kappa shape index (κ2) is 4.66. The number of aryl methyl sites for hydroxylation is 1. The maximum atomic E-state index is 10.2. The number of nitro benzene ring substituents is 1. The van der Waals surface area contributed by atoms with Crippen molar-refractivity contribution in [1.29, 1.82) is 10.8 Å². The summed E-state index contributed by atoms with van der Waals surface area (Å²) in [5, 5.41) is 22.2. The monoisotopic (exact) mass is 180 g/mol. The number of nitrogens with zero attached hydrogens (tertiary/aromatic N) is 3. The predicted molar refractivity (Wildman–Crippen MR) is 45.7 cm³/mol. The summed E-state index contributed by atoms with van der Waals surface area (Å²) in [6, 6.07) is 4.38. The molecule has 0 aliphatic carbocycles. The Hall–Kier alpha value is -2.16. The Labute approximate surface area is 74.5 Å². The quantitative estimate of drug-likeness (QED) is 0.304. The zero-order chi connectivity index (χ0) is 10.4. The van der Waals surface area contributed by atoms with Gasteiger partial charge in [-0.15, -0.1) is 0 Å². The molecule has 0 spiro atoms. The maximum absolute atomic E-state index is 10.2. The van der Waals surface area contributed by atoms with E-state index in [4.69, 9.17) is 16.5 Å². The van der Waals surface area contributed by atoms with E-state index >= 15 is 0 Å². The van der Waals surface area contributed by atoms with E-state index in [0.717, 1.165) is 5.56 Å². The minimum atomic E-state index is -0.438.